The number of thiophene rings is 1. The predicted octanol–water partition coefficient (Wildman–Crippen LogP) is 2.33. The van der Waals surface area contributed by atoms with Crippen LogP contribution in [0.5, 0.6) is 0 Å². The average Bonchev–Trinajstić information content (AvgIpc) is 2.65. The Morgan fingerprint density at radius 3 is 3.07 bits per heavy atom. The van der Waals surface area contributed by atoms with Gasteiger partial charge in [0.25, 0.3) is 0 Å². The van der Waals surface area contributed by atoms with Crippen molar-refractivity contribution in [1.82, 2.24) is 5.32 Å². The fourth-order valence-electron chi connectivity index (χ4n) is 1.51. The maximum Gasteiger partial charge on any atom is 0.155 e. The highest BCUT2D eigenvalue weighted by molar-refractivity contribution is 9.11. The topological polar surface area (TPSA) is 29.1 Å². The molecule has 2 heterocycles. The van der Waals surface area contributed by atoms with Gasteiger partial charge < -0.3 is 5.32 Å². The van der Waals surface area contributed by atoms with Gasteiger partial charge in [-0.15, -0.1) is 11.3 Å². The Bertz CT molecular complexity index is 347. The summed E-state index contributed by atoms with van der Waals surface area (Å²) in [7, 11) is 0. The van der Waals surface area contributed by atoms with Crippen LogP contribution in [-0.2, 0) is 11.2 Å². The van der Waals surface area contributed by atoms with E-state index >= 15 is 0 Å². The number of rotatable bonds is 3. The van der Waals surface area contributed by atoms with Gasteiger partial charge in [0.05, 0.1) is 9.83 Å². The third-order valence-electron chi connectivity index (χ3n) is 2.29. The Kier molecular flexibility index (Phi) is 4.25. The van der Waals surface area contributed by atoms with E-state index in [2.05, 4.69) is 21.2 Å². The van der Waals surface area contributed by atoms with E-state index in [4.69, 9.17) is 0 Å². The molecule has 15 heavy (non-hydrogen) atoms. The smallest absolute Gasteiger partial charge is 0.155 e. The van der Waals surface area contributed by atoms with Gasteiger partial charge in [-0.25, -0.2) is 0 Å². The van der Waals surface area contributed by atoms with Crippen LogP contribution in [-0.4, -0.2) is 29.9 Å². The highest BCUT2D eigenvalue weighted by Crippen LogP contribution is 2.23. The minimum Gasteiger partial charge on any atom is -0.306 e. The zero-order valence-electron chi connectivity index (χ0n) is 8.16. The van der Waals surface area contributed by atoms with Gasteiger partial charge in [-0.1, -0.05) is 0 Å². The van der Waals surface area contributed by atoms with Gasteiger partial charge in [0, 0.05) is 29.3 Å². The van der Waals surface area contributed by atoms with Crippen LogP contribution in [0.1, 0.15) is 4.88 Å². The summed E-state index contributed by atoms with van der Waals surface area (Å²) in [5, 5.41) is 3.27. The van der Waals surface area contributed by atoms with Gasteiger partial charge in [-0.2, -0.15) is 11.8 Å². The minimum absolute atomic E-state index is 0.0598. The first-order valence-corrected chi connectivity index (χ1v) is 7.60. The molecule has 0 aromatic carbocycles. The van der Waals surface area contributed by atoms with Gasteiger partial charge in [0.15, 0.2) is 5.78 Å². The summed E-state index contributed by atoms with van der Waals surface area (Å²) in [5.41, 5.74) is 0. The van der Waals surface area contributed by atoms with Gasteiger partial charge in [-0.3, -0.25) is 4.79 Å². The van der Waals surface area contributed by atoms with Crippen molar-refractivity contribution in [3.8, 4) is 0 Å². The molecule has 1 aliphatic rings. The number of ketones is 1. The summed E-state index contributed by atoms with van der Waals surface area (Å²) in [5.74, 6) is 2.36. The van der Waals surface area contributed by atoms with Crippen LogP contribution in [0.3, 0.4) is 0 Å². The van der Waals surface area contributed by atoms with E-state index in [1.165, 1.54) is 0 Å². The van der Waals surface area contributed by atoms with Crippen LogP contribution in [0.4, 0.5) is 0 Å². The number of hydrogen-bond donors (Lipinski definition) is 1. The molecule has 2 rings (SSSR count). The second-order valence-corrected chi connectivity index (χ2v) is 7.13. The summed E-state index contributed by atoms with van der Waals surface area (Å²) >= 11 is 6.90. The van der Waals surface area contributed by atoms with E-state index < -0.39 is 0 Å². The molecule has 0 aliphatic carbocycles. The van der Waals surface area contributed by atoms with E-state index in [0.29, 0.717) is 12.2 Å². The third-order valence-corrected chi connectivity index (χ3v) is 4.97. The lowest BCUT2D eigenvalue weighted by Gasteiger charge is -2.21. The van der Waals surface area contributed by atoms with Gasteiger partial charge in [-0.05, 0) is 28.1 Å². The first kappa shape index (κ1) is 11.6. The molecule has 0 amide bonds. The lowest BCUT2D eigenvalue weighted by molar-refractivity contribution is -0.119. The molecule has 0 bridgehead atoms. The molecule has 0 radical (unpaired) electrons. The molecule has 1 aliphatic heterocycles. The summed E-state index contributed by atoms with van der Waals surface area (Å²) in [6, 6.07) is 4.07. The number of nitrogens with one attached hydrogen (secondary N) is 1. The maximum absolute atomic E-state index is 11.9. The van der Waals surface area contributed by atoms with Crippen molar-refractivity contribution in [3.63, 3.8) is 0 Å². The molecular weight excluding hydrogens is 294 g/mol. The highest BCUT2D eigenvalue weighted by Gasteiger charge is 2.21. The van der Waals surface area contributed by atoms with Crippen LogP contribution < -0.4 is 5.32 Å². The number of thioether (sulfide) groups is 1. The summed E-state index contributed by atoms with van der Waals surface area (Å²) in [6.45, 7) is 0.954. The number of carbonyl (C=O) groups is 1. The molecule has 1 fully saturated rings. The Morgan fingerprint density at radius 2 is 2.47 bits per heavy atom. The van der Waals surface area contributed by atoms with E-state index in [1.54, 1.807) is 11.3 Å². The van der Waals surface area contributed by atoms with E-state index in [9.17, 15) is 4.79 Å². The van der Waals surface area contributed by atoms with Crippen LogP contribution in [0.15, 0.2) is 15.9 Å². The Morgan fingerprint density at radius 1 is 1.60 bits per heavy atom. The molecule has 1 saturated heterocycles. The molecule has 0 spiro atoms. The second kappa shape index (κ2) is 5.48. The lowest BCUT2D eigenvalue weighted by atomic mass is 10.1. The molecule has 0 saturated carbocycles. The van der Waals surface area contributed by atoms with Crippen molar-refractivity contribution in [1.29, 1.82) is 0 Å². The van der Waals surface area contributed by atoms with Crippen LogP contribution in [0.2, 0.25) is 0 Å². The van der Waals surface area contributed by atoms with Crippen molar-refractivity contribution in [2.75, 3.05) is 18.1 Å². The van der Waals surface area contributed by atoms with Crippen molar-refractivity contribution in [2.45, 2.75) is 12.5 Å². The van der Waals surface area contributed by atoms with Crippen molar-refractivity contribution in [2.24, 2.45) is 0 Å². The minimum atomic E-state index is 0.0598. The zero-order chi connectivity index (χ0) is 10.7. The fraction of sp³-hybridized carbons (Fsp3) is 0.500. The number of Topliss-reactive ketones (excluding diaryl/α,β-unsaturated/α-hetero) is 1. The lowest BCUT2D eigenvalue weighted by Crippen LogP contribution is -2.43. The predicted molar refractivity (Wildman–Crippen MR) is 69.8 cm³/mol. The Hall–Kier alpha value is 0.160. The maximum atomic E-state index is 11.9. The quantitative estimate of drug-likeness (QED) is 0.929. The fourth-order valence-corrected chi connectivity index (χ4v) is 3.98. The molecule has 2 nitrogen and oxygen atoms in total. The second-order valence-electron chi connectivity index (χ2n) is 3.43. The zero-order valence-corrected chi connectivity index (χ0v) is 11.4. The molecule has 1 unspecified atom stereocenters. The van der Waals surface area contributed by atoms with Gasteiger partial charge in [0.1, 0.15) is 0 Å². The van der Waals surface area contributed by atoms with Gasteiger partial charge >= 0.3 is 0 Å². The van der Waals surface area contributed by atoms with Crippen LogP contribution in [0.25, 0.3) is 0 Å². The first-order valence-electron chi connectivity index (χ1n) is 4.84. The Balaban J connectivity index is 1.91. The monoisotopic (exact) mass is 305 g/mol. The molecule has 1 aromatic heterocycles. The van der Waals surface area contributed by atoms with Gasteiger partial charge in [0.2, 0.25) is 0 Å². The average molecular weight is 306 g/mol. The van der Waals surface area contributed by atoms with Crippen molar-refractivity contribution in [3.05, 3.63) is 20.8 Å². The number of halogens is 1. The SMILES string of the molecule is O=C(Cc1ccc(Br)s1)C1CSCCN1. The van der Waals surface area contributed by atoms with E-state index in [1.807, 2.05) is 23.9 Å². The normalized spacial score (nSPS) is 21.5. The number of hydrogen-bond acceptors (Lipinski definition) is 4. The van der Waals surface area contributed by atoms with E-state index in [0.717, 1.165) is 26.7 Å². The molecule has 1 atom stereocenters. The highest BCUT2D eigenvalue weighted by atomic mass is 79.9. The van der Waals surface area contributed by atoms with Crippen LogP contribution >= 0.6 is 39.0 Å². The first-order chi connectivity index (χ1) is 7.25. The molecule has 5 heteroatoms. The van der Waals surface area contributed by atoms with Crippen molar-refractivity contribution >= 4 is 44.8 Å². The molecule has 82 valence electrons. The molecule has 1 N–H and O–H groups in total. The summed E-state index contributed by atoms with van der Waals surface area (Å²) in [6.07, 6.45) is 0.564. The number of carbonyl (C=O) groups excluding carboxylic acids is 1. The summed E-state index contributed by atoms with van der Waals surface area (Å²) < 4.78 is 1.09. The van der Waals surface area contributed by atoms with E-state index in [-0.39, 0.29) is 6.04 Å². The van der Waals surface area contributed by atoms with Crippen molar-refractivity contribution < 1.29 is 4.79 Å². The van der Waals surface area contributed by atoms with Crippen LogP contribution in [0, 0.1) is 0 Å². The third kappa shape index (κ3) is 3.31. The summed E-state index contributed by atoms with van der Waals surface area (Å²) in [4.78, 5) is 13.0. The molecule has 1 aromatic rings. The Labute approximate surface area is 106 Å². The molecular formula is C10H12BrNOS2. The largest absolute Gasteiger partial charge is 0.306 e. The standard InChI is InChI=1S/C10H12BrNOS2/c11-10-2-1-7(15-10)5-9(13)8-6-14-4-3-12-8/h1-2,8,12H,3-6H2.